The molecule has 0 bridgehead atoms. The molecule has 0 aliphatic rings. The molecule has 0 aliphatic heterocycles. The van der Waals surface area contributed by atoms with Crippen LogP contribution < -0.4 is 10.1 Å². The average molecular weight is 447 g/mol. The zero-order valence-corrected chi connectivity index (χ0v) is 18.0. The molecule has 1 atom stereocenters. The number of ether oxygens (including phenoxy) is 2. The van der Waals surface area contributed by atoms with Crippen molar-refractivity contribution in [3.63, 3.8) is 0 Å². The van der Waals surface area contributed by atoms with Gasteiger partial charge in [-0.2, -0.15) is 5.26 Å². The summed E-state index contributed by atoms with van der Waals surface area (Å²) in [6.45, 7) is 3.40. The minimum absolute atomic E-state index is 0.106. The molecule has 0 saturated carbocycles. The fourth-order valence-corrected chi connectivity index (χ4v) is 3.16. The second-order valence-electron chi connectivity index (χ2n) is 6.18. The van der Waals surface area contributed by atoms with Crippen LogP contribution in [0, 0.1) is 11.3 Å². The molecule has 2 aromatic carbocycles. The number of carbonyl (C=O) groups excluding carboxylic acids is 2. The summed E-state index contributed by atoms with van der Waals surface area (Å²) >= 11 is 12.4. The highest BCUT2D eigenvalue weighted by molar-refractivity contribution is 6.37. The molecule has 0 aliphatic carbocycles. The van der Waals surface area contributed by atoms with Crippen LogP contribution in [0.25, 0.3) is 6.08 Å². The Kier molecular flexibility index (Phi) is 8.72. The number of amides is 1. The van der Waals surface area contributed by atoms with E-state index in [9.17, 15) is 14.9 Å². The SMILES string of the molecule is CCOC(=O)COc1c(Cl)cc(/C=C(/C#N)C(=O)N[C@@H](C)c2ccccc2)cc1Cl. The van der Waals surface area contributed by atoms with Gasteiger partial charge in [-0.3, -0.25) is 4.79 Å². The summed E-state index contributed by atoms with van der Waals surface area (Å²) in [6, 6.07) is 14.0. The largest absolute Gasteiger partial charge is 0.479 e. The number of nitriles is 1. The van der Waals surface area contributed by atoms with Crippen LogP contribution in [0.4, 0.5) is 0 Å². The maximum Gasteiger partial charge on any atom is 0.344 e. The van der Waals surface area contributed by atoms with Gasteiger partial charge >= 0.3 is 5.97 Å². The van der Waals surface area contributed by atoms with Crippen LogP contribution in [0.3, 0.4) is 0 Å². The molecule has 156 valence electrons. The first kappa shape index (κ1) is 23.3. The van der Waals surface area contributed by atoms with Crippen molar-refractivity contribution in [1.82, 2.24) is 5.32 Å². The number of rotatable bonds is 8. The van der Waals surface area contributed by atoms with E-state index in [0.29, 0.717) is 5.56 Å². The van der Waals surface area contributed by atoms with Gasteiger partial charge in [0.1, 0.15) is 11.6 Å². The summed E-state index contributed by atoms with van der Waals surface area (Å²) in [4.78, 5) is 23.9. The topological polar surface area (TPSA) is 88.4 Å². The van der Waals surface area contributed by atoms with Gasteiger partial charge in [-0.25, -0.2) is 4.79 Å². The molecule has 0 heterocycles. The third kappa shape index (κ3) is 6.51. The number of halogens is 2. The summed E-state index contributed by atoms with van der Waals surface area (Å²) in [5, 5.41) is 12.5. The van der Waals surface area contributed by atoms with Gasteiger partial charge in [0.15, 0.2) is 12.4 Å². The third-order valence-electron chi connectivity index (χ3n) is 3.98. The lowest BCUT2D eigenvalue weighted by atomic mass is 10.1. The fraction of sp³-hybridized carbons (Fsp3) is 0.227. The van der Waals surface area contributed by atoms with Gasteiger partial charge in [0, 0.05) is 0 Å². The van der Waals surface area contributed by atoms with Crippen LogP contribution in [0.1, 0.15) is 31.0 Å². The van der Waals surface area contributed by atoms with Gasteiger partial charge in [0.05, 0.1) is 22.7 Å². The fourth-order valence-electron chi connectivity index (χ4n) is 2.55. The zero-order chi connectivity index (χ0) is 22.1. The molecule has 0 aromatic heterocycles. The molecular formula is C22H20Cl2N2O4. The summed E-state index contributed by atoms with van der Waals surface area (Å²) in [5.74, 6) is -0.961. The van der Waals surface area contributed by atoms with E-state index in [-0.39, 0.29) is 40.6 Å². The van der Waals surface area contributed by atoms with E-state index in [0.717, 1.165) is 5.56 Å². The van der Waals surface area contributed by atoms with E-state index in [4.69, 9.17) is 32.7 Å². The molecule has 0 fully saturated rings. The molecular weight excluding hydrogens is 427 g/mol. The molecule has 2 rings (SSSR count). The number of nitrogens with zero attached hydrogens (tertiary/aromatic N) is 1. The molecule has 2 aromatic rings. The standard InChI is InChI=1S/C22H20Cl2N2O4/c1-3-29-20(27)13-30-21-18(23)10-15(11-19(21)24)9-17(12-25)22(28)26-14(2)16-7-5-4-6-8-16/h4-11,14H,3,13H2,1-2H3,(H,26,28)/b17-9-/t14-/m0/s1. The van der Waals surface area contributed by atoms with E-state index >= 15 is 0 Å². The Morgan fingerprint density at radius 1 is 1.20 bits per heavy atom. The maximum absolute atomic E-state index is 12.5. The average Bonchev–Trinajstić information content (AvgIpc) is 2.72. The Labute approximate surface area is 185 Å². The minimum atomic E-state index is -0.551. The van der Waals surface area contributed by atoms with Crippen molar-refractivity contribution < 1.29 is 19.1 Å². The third-order valence-corrected chi connectivity index (χ3v) is 4.55. The Hall–Kier alpha value is -3.01. The first-order chi connectivity index (χ1) is 14.3. The van der Waals surface area contributed by atoms with Gasteiger partial charge in [-0.05, 0) is 43.2 Å². The Balaban J connectivity index is 2.16. The lowest BCUT2D eigenvalue weighted by Gasteiger charge is -2.14. The van der Waals surface area contributed by atoms with Gasteiger partial charge in [0.25, 0.3) is 5.91 Å². The molecule has 0 radical (unpaired) electrons. The van der Waals surface area contributed by atoms with Crippen molar-refractivity contribution in [3.8, 4) is 11.8 Å². The Morgan fingerprint density at radius 3 is 2.40 bits per heavy atom. The molecule has 0 spiro atoms. The number of nitrogens with one attached hydrogen (secondary N) is 1. The number of hydrogen-bond donors (Lipinski definition) is 1. The predicted molar refractivity (Wildman–Crippen MR) is 115 cm³/mol. The van der Waals surface area contributed by atoms with Crippen LogP contribution in [0.15, 0.2) is 48.0 Å². The first-order valence-corrected chi connectivity index (χ1v) is 9.86. The number of benzene rings is 2. The van der Waals surface area contributed by atoms with Crippen molar-refractivity contribution in [2.45, 2.75) is 19.9 Å². The quantitative estimate of drug-likeness (QED) is 0.360. The second-order valence-corrected chi connectivity index (χ2v) is 7.00. The van der Waals surface area contributed by atoms with Crippen LogP contribution in [0.2, 0.25) is 10.0 Å². The van der Waals surface area contributed by atoms with Gasteiger partial charge < -0.3 is 14.8 Å². The number of esters is 1. The number of hydrogen-bond acceptors (Lipinski definition) is 5. The Bertz CT molecular complexity index is 961. The van der Waals surface area contributed by atoms with Crippen molar-refractivity contribution in [3.05, 3.63) is 69.2 Å². The van der Waals surface area contributed by atoms with Crippen molar-refractivity contribution >= 4 is 41.2 Å². The Morgan fingerprint density at radius 2 is 1.83 bits per heavy atom. The van der Waals surface area contributed by atoms with Gasteiger partial charge in [-0.1, -0.05) is 53.5 Å². The first-order valence-electron chi connectivity index (χ1n) is 9.10. The predicted octanol–water partition coefficient (Wildman–Crippen LogP) is 4.72. The van der Waals surface area contributed by atoms with E-state index in [1.165, 1.54) is 18.2 Å². The van der Waals surface area contributed by atoms with Crippen molar-refractivity contribution in [1.29, 1.82) is 5.26 Å². The molecule has 0 saturated heterocycles. The summed E-state index contributed by atoms with van der Waals surface area (Å²) in [5.41, 5.74) is 1.25. The van der Waals surface area contributed by atoms with E-state index in [1.807, 2.05) is 43.3 Å². The monoisotopic (exact) mass is 446 g/mol. The molecule has 8 heteroatoms. The number of carbonyl (C=O) groups is 2. The van der Waals surface area contributed by atoms with E-state index in [1.54, 1.807) is 6.92 Å². The van der Waals surface area contributed by atoms with Crippen LogP contribution >= 0.6 is 23.2 Å². The highest BCUT2D eigenvalue weighted by atomic mass is 35.5. The zero-order valence-electron chi connectivity index (χ0n) is 16.4. The van der Waals surface area contributed by atoms with Crippen molar-refractivity contribution in [2.75, 3.05) is 13.2 Å². The summed E-state index contributed by atoms with van der Waals surface area (Å²) < 4.78 is 10.1. The molecule has 0 unspecified atom stereocenters. The van der Waals surface area contributed by atoms with Gasteiger partial charge in [-0.15, -0.1) is 0 Å². The van der Waals surface area contributed by atoms with E-state index in [2.05, 4.69) is 5.32 Å². The molecule has 1 N–H and O–H groups in total. The highest BCUT2D eigenvalue weighted by Gasteiger charge is 2.16. The molecule has 30 heavy (non-hydrogen) atoms. The highest BCUT2D eigenvalue weighted by Crippen LogP contribution is 2.35. The van der Waals surface area contributed by atoms with Crippen LogP contribution in [0.5, 0.6) is 5.75 Å². The van der Waals surface area contributed by atoms with Gasteiger partial charge in [0.2, 0.25) is 0 Å². The normalized spacial score (nSPS) is 11.9. The summed E-state index contributed by atoms with van der Waals surface area (Å²) in [6.07, 6.45) is 1.37. The lowest BCUT2D eigenvalue weighted by Crippen LogP contribution is -2.27. The van der Waals surface area contributed by atoms with Crippen molar-refractivity contribution in [2.24, 2.45) is 0 Å². The lowest BCUT2D eigenvalue weighted by molar-refractivity contribution is -0.145. The van der Waals surface area contributed by atoms with E-state index < -0.39 is 11.9 Å². The molecule has 1 amide bonds. The van der Waals surface area contributed by atoms with Crippen LogP contribution in [-0.2, 0) is 14.3 Å². The second kappa shape index (κ2) is 11.2. The van der Waals surface area contributed by atoms with Crippen LogP contribution in [-0.4, -0.2) is 25.1 Å². The maximum atomic E-state index is 12.5. The molecule has 6 nitrogen and oxygen atoms in total. The smallest absolute Gasteiger partial charge is 0.344 e. The minimum Gasteiger partial charge on any atom is -0.479 e. The summed E-state index contributed by atoms with van der Waals surface area (Å²) in [7, 11) is 0.